The van der Waals surface area contributed by atoms with Crippen LogP contribution in [0, 0.1) is 5.92 Å². The molecule has 1 atom stereocenters. The molecule has 0 saturated carbocycles. The summed E-state index contributed by atoms with van der Waals surface area (Å²) in [6.07, 6.45) is 4.23. The lowest BCUT2D eigenvalue weighted by atomic mass is 10.0. The van der Waals surface area contributed by atoms with Crippen molar-refractivity contribution >= 4 is 5.91 Å². The van der Waals surface area contributed by atoms with Crippen LogP contribution in [0.5, 0.6) is 0 Å². The van der Waals surface area contributed by atoms with Gasteiger partial charge in [0.2, 0.25) is 5.91 Å². The molecule has 0 aromatic rings. The summed E-state index contributed by atoms with van der Waals surface area (Å²) in [5.41, 5.74) is 0. The molecule has 0 heterocycles. The van der Waals surface area contributed by atoms with Crippen LogP contribution in [-0.4, -0.2) is 23.9 Å². The van der Waals surface area contributed by atoms with E-state index < -0.39 is 0 Å². The van der Waals surface area contributed by atoms with Crippen molar-refractivity contribution in [3.63, 3.8) is 0 Å². The quantitative estimate of drug-likeness (QED) is 0.617. The van der Waals surface area contributed by atoms with Gasteiger partial charge < -0.3 is 4.90 Å². The van der Waals surface area contributed by atoms with E-state index in [1.807, 2.05) is 11.8 Å². The molecule has 0 aromatic carbocycles. The summed E-state index contributed by atoms with van der Waals surface area (Å²) >= 11 is 0. The Morgan fingerprint density at radius 3 is 1.93 bits per heavy atom. The maximum atomic E-state index is 11.9. The molecule has 14 heavy (non-hydrogen) atoms. The third kappa shape index (κ3) is 4.64. The van der Waals surface area contributed by atoms with E-state index in [0.717, 1.165) is 38.8 Å². The van der Waals surface area contributed by atoms with Crippen molar-refractivity contribution in [2.45, 2.75) is 53.4 Å². The van der Waals surface area contributed by atoms with E-state index in [4.69, 9.17) is 0 Å². The highest BCUT2D eigenvalue weighted by molar-refractivity contribution is 5.78. The fourth-order valence-electron chi connectivity index (χ4n) is 1.74. The molecule has 2 nitrogen and oxygen atoms in total. The van der Waals surface area contributed by atoms with Crippen LogP contribution in [0.2, 0.25) is 0 Å². The number of carbonyl (C=O) groups excluding carboxylic acids is 1. The zero-order chi connectivity index (χ0) is 11.0. The van der Waals surface area contributed by atoms with E-state index in [2.05, 4.69) is 20.8 Å². The smallest absolute Gasteiger partial charge is 0.225 e. The van der Waals surface area contributed by atoms with Gasteiger partial charge in [-0.05, 0) is 19.3 Å². The van der Waals surface area contributed by atoms with E-state index in [1.54, 1.807) is 0 Å². The van der Waals surface area contributed by atoms with Crippen LogP contribution in [0.4, 0.5) is 0 Å². The van der Waals surface area contributed by atoms with Crippen molar-refractivity contribution in [1.82, 2.24) is 4.90 Å². The van der Waals surface area contributed by atoms with Gasteiger partial charge in [-0.2, -0.15) is 0 Å². The average Bonchev–Trinajstić information content (AvgIpc) is 2.17. The third-order valence-electron chi connectivity index (χ3n) is 2.44. The summed E-state index contributed by atoms with van der Waals surface area (Å²) in [6, 6.07) is 0. The molecule has 84 valence electrons. The minimum absolute atomic E-state index is 0.207. The first-order valence-corrected chi connectivity index (χ1v) is 5.96. The Labute approximate surface area is 88.7 Å². The first-order valence-electron chi connectivity index (χ1n) is 5.96. The fraction of sp³-hybridized carbons (Fsp3) is 0.917. The van der Waals surface area contributed by atoms with Gasteiger partial charge in [-0.15, -0.1) is 0 Å². The van der Waals surface area contributed by atoms with Crippen molar-refractivity contribution in [1.29, 1.82) is 0 Å². The van der Waals surface area contributed by atoms with Gasteiger partial charge in [0.25, 0.3) is 0 Å². The van der Waals surface area contributed by atoms with Crippen LogP contribution < -0.4 is 0 Å². The van der Waals surface area contributed by atoms with Crippen LogP contribution in [0.15, 0.2) is 0 Å². The number of hydrogen-bond donors (Lipinski definition) is 0. The maximum absolute atomic E-state index is 11.9. The van der Waals surface area contributed by atoms with Crippen LogP contribution in [0.1, 0.15) is 53.4 Å². The Kier molecular flexibility index (Phi) is 7.54. The third-order valence-corrected chi connectivity index (χ3v) is 2.44. The molecular weight excluding hydrogens is 174 g/mol. The van der Waals surface area contributed by atoms with Crippen molar-refractivity contribution < 1.29 is 4.79 Å². The number of nitrogens with zero attached hydrogens (tertiary/aromatic N) is 1. The van der Waals surface area contributed by atoms with Gasteiger partial charge in [-0.1, -0.05) is 34.1 Å². The van der Waals surface area contributed by atoms with Crippen LogP contribution in [0.3, 0.4) is 0 Å². The Balaban J connectivity index is 4.11. The monoisotopic (exact) mass is 199 g/mol. The number of carbonyl (C=O) groups is 1. The lowest BCUT2D eigenvalue weighted by Crippen LogP contribution is -2.36. The summed E-state index contributed by atoms with van der Waals surface area (Å²) in [5, 5.41) is 0. The standard InChI is InChI=1S/C12H25NO/c1-5-8-11(4)12(14)13(9-6-2)10-7-3/h11H,5-10H2,1-4H3. The molecule has 0 radical (unpaired) electrons. The van der Waals surface area contributed by atoms with Gasteiger partial charge in [0.15, 0.2) is 0 Å². The molecular formula is C12H25NO. The predicted octanol–water partition coefficient (Wildman–Crippen LogP) is 3.07. The normalized spacial score (nSPS) is 12.6. The average molecular weight is 199 g/mol. The first kappa shape index (κ1) is 13.5. The van der Waals surface area contributed by atoms with Crippen molar-refractivity contribution in [3.05, 3.63) is 0 Å². The minimum atomic E-state index is 0.207. The second-order valence-corrected chi connectivity index (χ2v) is 4.02. The van der Waals surface area contributed by atoms with E-state index >= 15 is 0 Å². The van der Waals surface area contributed by atoms with E-state index in [0.29, 0.717) is 5.91 Å². The second kappa shape index (κ2) is 7.84. The maximum Gasteiger partial charge on any atom is 0.225 e. The highest BCUT2D eigenvalue weighted by Crippen LogP contribution is 2.10. The highest BCUT2D eigenvalue weighted by atomic mass is 16.2. The SMILES string of the molecule is CCCC(C)C(=O)N(CCC)CCC. The fourth-order valence-corrected chi connectivity index (χ4v) is 1.74. The summed E-state index contributed by atoms with van der Waals surface area (Å²) in [4.78, 5) is 14.0. The lowest BCUT2D eigenvalue weighted by Gasteiger charge is -2.24. The van der Waals surface area contributed by atoms with E-state index in [1.165, 1.54) is 0 Å². The zero-order valence-electron chi connectivity index (χ0n) is 10.2. The summed E-state index contributed by atoms with van der Waals surface area (Å²) in [7, 11) is 0. The summed E-state index contributed by atoms with van der Waals surface area (Å²) in [5.74, 6) is 0.550. The largest absolute Gasteiger partial charge is 0.342 e. The predicted molar refractivity (Wildman–Crippen MR) is 61.2 cm³/mol. The molecule has 0 rings (SSSR count). The minimum Gasteiger partial charge on any atom is -0.342 e. The molecule has 2 heteroatoms. The lowest BCUT2D eigenvalue weighted by molar-refractivity contribution is -0.135. The van der Waals surface area contributed by atoms with Gasteiger partial charge in [0, 0.05) is 19.0 Å². The molecule has 0 aliphatic carbocycles. The summed E-state index contributed by atoms with van der Waals surface area (Å²) < 4.78 is 0. The molecule has 0 spiro atoms. The van der Waals surface area contributed by atoms with Crippen LogP contribution in [-0.2, 0) is 4.79 Å². The van der Waals surface area contributed by atoms with Gasteiger partial charge in [0.1, 0.15) is 0 Å². The Bertz CT molecular complexity index is 150. The van der Waals surface area contributed by atoms with Crippen molar-refractivity contribution in [2.75, 3.05) is 13.1 Å². The molecule has 0 aromatic heterocycles. The van der Waals surface area contributed by atoms with E-state index in [-0.39, 0.29) is 5.92 Å². The van der Waals surface area contributed by atoms with Gasteiger partial charge in [-0.25, -0.2) is 0 Å². The second-order valence-electron chi connectivity index (χ2n) is 4.02. The number of amides is 1. The Morgan fingerprint density at radius 1 is 1.07 bits per heavy atom. The Morgan fingerprint density at radius 2 is 1.57 bits per heavy atom. The topological polar surface area (TPSA) is 20.3 Å². The van der Waals surface area contributed by atoms with Crippen LogP contribution in [0.25, 0.3) is 0 Å². The summed E-state index contributed by atoms with van der Waals surface area (Å²) in [6.45, 7) is 10.3. The number of rotatable bonds is 7. The van der Waals surface area contributed by atoms with Gasteiger partial charge in [-0.3, -0.25) is 4.79 Å². The molecule has 0 aliphatic heterocycles. The van der Waals surface area contributed by atoms with Crippen LogP contribution >= 0.6 is 0 Å². The highest BCUT2D eigenvalue weighted by Gasteiger charge is 2.17. The Hall–Kier alpha value is -0.530. The van der Waals surface area contributed by atoms with Gasteiger partial charge >= 0.3 is 0 Å². The molecule has 0 fully saturated rings. The van der Waals surface area contributed by atoms with Crippen molar-refractivity contribution in [2.24, 2.45) is 5.92 Å². The number of hydrogen-bond acceptors (Lipinski definition) is 1. The first-order chi connectivity index (χ1) is 6.67. The van der Waals surface area contributed by atoms with Gasteiger partial charge in [0.05, 0.1) is 0 Å². The molecule has 0 bridgehead atoms. The molecule has 0 aliphatic rings. The zero-order valence-corrected chi connectivity index (χ0v) is 10.2. The van der Waals surface area contributed by atoms with E-state index in [9.17, 15) is 4.79 Å². The molecule has 1 amide bonds. The molecule has 1 unspecified atom stereocenters. The molecule has 0 saturated heterocycles. The molecule has 0 N–H and O–H groups in total. The van der Waals surface area contributed by atoms with Crippen molar-refractivity contribution in [3.8, 4) is 0 Å².